The summed E-state index contributed by atoms with van der Waals surface area (Å²) in [6.07, 6.45) is 1.34. The van der Waals surface area contributed by atoms with Gasteiger partial charge in [-0.05, 0) is 49.4 Å². The summed E-state index contributed by atoms with van der Waals surface area (Å²) in [5.74, 6) is -1.26. The van der Waals surface area contributed by atoms with E-state index >= 15 is 0 Å². The highest BCUT2D eigenvalue weighted by atomic mass is 79.9. The highest BCUT2D eigenvalue weighted by Crippen LogP contribution is 2.23. The molecule has 0 aliphatic rings. The van der Waals surface area contributed by atoms with Crippen LogP contribution in [0, 0.1) is 6.92 Å². The van der Waals surface area contributed by atoms with Gasteiger partial charge in [-0.15, -0.1) is 0 Å². The first-order valence-electron chi connectivity index (χ1n) is 9.76. The minimum atomic E-state index is -0.542. The number of aryl methyl sites for hydroxylation is 1. The van der Waals surface area contributed by atoms with Crippen molar-refractivity contribution in [3.05, 3.63) is 98.5 Å². The molecule has 2 amide bonds. The molecule has 2 N–H and O–H groups in total. The number of rotatable bonds is 7. The van der Waals surface area contributed by atoms with Gasteiger partial charge in [0.05, 0.1) is 28.9 Å². The second-order valence-corrected chi connectivity index (χ2v) is 8.22. The van der Waals surface area contributed by atoms with Crippen molar-refractivity contribution in [2.45, 2.75) is 6.92 Å². The molecular weight excluding hydrogens is 510 g/mol. The fourth-order valence-corrected chi connectivity index (χ4v) is 3.28. The summed E-state index contributed by atoms with van der Waals surface area (Å²) in [7, 11) is 0. The van der Waals surface area contributed by atoms with Crippen LogP contribution < -0.4 is 15.5 Å². The van der Waals surface area contributed by atoms with Gasteiger partial charge >= 0.3 is 5.97 Å². The Morgan fingerprint density at radius 1 is 1.06 bits per heavy atom. The van der Waals surface area contributed by atoms with E-state index in [1.165, 1.54) is 6.21 Å². The van der Waals surface area contributed by atoms with Crippen LogP contribution in [0.3, 0.4) is 0 Å². The Labute approximate surface area is 203 Å². The summed E-state index contributed by atoms with van der Waals surface area (Å²) in [4.78, 5) is 36.6. The number of esters is 1. The molecule has 0 spiro atoms. The van der Waals surface area contributed by atoms with Crippen LogP contribution in [0.25, 0.3) is 0 Å². The molecule has 0 saturated heterocycles. The Morgan fingerprint density at radius 2 is 1.79 bits per heavy atom. The van der Waals surface area contributed by atoms with Gasteiger partial charge in [0.1, 0.15) is 5.75 Å². The normalized spacial score (nSPS) is 10.6. The van der Waals surface area contributed by atoms with Crippen molar-refractivity contribution in [3.8, 4) is 5.75 Å². The van der Waals surface area contributed by atoms with E-state index in [9.17, 15) is 14.4 Å². The van der Waals surface area contributed by atoms with Crippen molar-refractivity contribution in [3.63, 3.8) is 0 Å². The number of halogens is 2. The summed E-state index contributed by atoms with van der Waals surface area (Å²) in [5.41, 5.74) is 4.49. The first-order chi connectivity index (χ1) is 15.8. The van der Waals surface area contributed by atoms with E-state index in [1.54, 1.807) is 54.6 Å². The van der Waals surface area contributed by atoms with E-state index in [0.29, 0.717) is 11.1 Å². The maximum atomic E-state index is 12.4. The largest absolute Gasteiger partial charge is 0.422 e. The lowest BCUT2D eigenvalue weighted by Gasteiger charge is -2.08. The van der Waals surface area contributed by atoms with Gasteiger partial charge in [-0.1, -0.05) is 57.4 Å². The van der Waals surface area contributed by atoms with Crippen LogP contribution in [0.5, 0.6) is 5.75 Å². The molecule has 0 aliphatic heterocycles. The van der Waals surface area contributed by atoms with Gasteiger partial charge in [-0.3, -0.25) is 9.59 Å². The molecule has 0 unspecified atom stereocenters. The van der Waals surface area contributed by atoms with Gasteiger partial charge in [0.25, 0.3) is 11.8 Å². The zero-order valence-corrected chi connectivity index (χ0v) is 19.8. The van der Waals surface area contributed by atoms with Gasteiger partial charge in [-0.25, -0.2) is 10.2 Å². The Bertz CT molecular complexity index is 1210. The number of ether oxygens (including phenoxy) is 1. The topological polar surface area (TPSA) is 96.9 Å². The quantitative estimate of drug-likeness (QED) is 0.204. The van der Waals surface area contributed by atoms with Gasteiger partial charge in [0, 0.05) is 10.0 Å². The predicted molar refractivity (Wildman–Crippen MR) is 130 cm³/mol. The number of carbonyl (C=O) groups is 3. The molecule has 168 valence electrons. The highest BCUT2D eigenvalue weighted by molar-refractivity contribution is 9.10. The number of carbonyl (C=O) groups excluding carboxylic acids is 3. The molecule has 3 aromatic carbocycles. The number of hydrazone groups is 1. The number of benzene rings is 3. The Morgan fingerprint density at radius 3 is 2.52 bits per heavy atom. The zero-order valence-electron chi connectivity index (χ0n) is 17.5. The standard InChI is InChI=1S/C24H19BrClN3O4/c1-15-6-8-16(9-7-15)24(32)33-21-11-10-18(25)12-17(21)13-28-29-22(30)14-27-23(31)19-4-2-3-5-20(19)26/h2-13H,14H2,1H3,(H,27,31)(H,29,30). The molecule has 7 nitrogen and oxygen atoms in total. The summed E-state index contributed by atoms with van der Waals surface area (Å²) in [6, 6.07) is 18.5. The van der Waals surface area contributed by atoms with E-state index in [0.717, 1.165) is 10.0 Å². The van der Waals surface area contributed by atoms with E-state index in [2.05, 4.69) is 31.8 Å². The monoisotopic (exact) mass is 527 g/mol. The lowest BCUT2D eigenvalue weighted by Crippen LogP contribution is -2.35. The molecule has 9 heteroatoms. The Hall–Kier alpha value is -3.49. The van der Waals surface area contributed by atoms with E-state index in [4.69, 9.17) is 16.3 Å². The molecule has 0 atom stereocenters. The van der Waals surface area contributed by atoms with Crippen molar-refractivity contribution >= 4 is 51.5 Å². The van der Waals surface area contributed by atoms with Crippen molar-refractivity contribution in [1.82, 2.24) is 10.7 Å². The molecule has 0 heterocycles. The van der Waals surface area contributed by atoms with Crippen LogP contribution in [-0.4, -0.2) is 30.5 Å². The van der Waals surface area contributed by atoms with Gasteiger partial charge in [-0.2, -0.15) is 5.10 Å². The smallest absolute Gasteiger partial charge is 0.343 e. The van der Waals surface area contributed by atoms with Crippen LogP contribution in [0.15, 0.2) is 76.3 Å². The Balaban J connectivity index is 1.60. The van der Waals surface area contributed by atoms with Crippen LogP contribution >= 0.6 is 27.5 Å². The minimum Gasteiger partial charge on any atom is -0.422 e. The van der Waals surface area contributed by atoms with Crippen molar-refractivity contribution < 1.29 is 19.1 Å². The van der Waals surface area contributed by atoms with Crippen LogP contribution in [0.4, 0.5) is 0 Å². The molecule has 3 rings (SSSR count). The molecular formula is C24H19BrClN3O4. The molecule has 0 fully saturated rings. The summed E-state index contributed by atoms with van der Waals surface area (Å²) < 4.78 is 6.22. The SMILES string of the molecule is Cc1ccc(C(=O)Oc2ccc(Br)cc2C=NNC(=O)CNC(=O)c2ccccc2Cl)cc1. The van der Waals surface area contributed by atoms with Crippen LogP contribution in [-0.2, 0) is 4.79 Å². The van der Waals surface area contributed by atoms with Crippen LogP contribution in [0.1, 0.15) is 31.8 Å². The summed E-state index contributed by atoms with van der Waals surface area (Å²) in [6.45, 7) is 1.63. The van der Waals surface area contributed by atoms with Crippen molar-refractivity contribution in [2.75, 3.05) is 6.54 Å². The summed E-state index contributed by atoms with van der Waals surface area (Å²) >= 11 is 9.33. The first kappa shape index (κ1) is 24.2. The van der Waals surface area contributed by atoms with Gasteiger partial charge in [0.15, 0.2) is 0 Å². The fourth-order valence-electron chi connectivity index (χ4n) is 2.68. The number of nitrogens with zero attached hydrogens (tertiary/aromatic N) is 1. The molecule has 0 bridgehead atoms. The zero-order chi connectivity index (χ0) is 23.8. The maximum Gasteiger partial charge on any atom is 0.343 e. The molecule has 0 aliphatic carbocycles. The average molecular weight is 529 g/mol. The average Bonchev–Trinajstić information content (AvgIpc) is 2.80. The number of amides is 2. The Kier molecular flexibility index (Phi) is 8.34. The molecule has 0 radical (unpaired) electrons. The van der Waals surface area contributed by atoms with Crippen LogP contribution in [0.2, 0.25) is 5.02 Å². The molecule has 0 aromatic heterocycles. The van der Waals surface area contributed by atoms with Gasteiger partial charge < -0.3 is 10.1 Å². The third-order valence-electron chi connectivity index (χ3n) is 4.38. The number of hydrogen-bond acceptors (Lipinski definition) is 5. The molecule has 0 saturated carbocycles. The number of hydrogen-bond donors (Lipinski definition) is 2. The third kappa shape index (κ3) is 7.00. The second kappa shape index (κ2) is 11.4. The number of nitrogens with one attached hydrogen (secondary N) is 2. The maximum absolute atomic E-state index is 12.4. The lowest BCUT2D eigenvalue weighted by molar-refractivity contribution is -0.120. The highest BCUT2D eigenvalue weighted by Gasteiger charge is 2.13. The molecule has 33 heavy (non-hydrogen) atoms. The lowest BCUT2D eigenvalue weighted by atomic mass is 10.1. The fraction of sp³-hybridized carbons (Fsp3) is 0.0833. The van der Waals surface area contributed by atoms with Crippen molar-refractivity contribution in [1.29, 1.82) is 0 Å². The minimum absolute atomic E-state index is 0.268. The van der Waals surface area contributed by atoms with Crippen molar-refractivity contribution in [2.24, 2.45) is 5.10 Å². The summed E-state index contributed by atoms with van der Waals surface area (Å²) in [5, 5.41) is 6.65. The second-order valence-electron chi connectivity index (χ2n) is 6.89. The third-order valence-corrected chi connectivity index (χ3v) is 5.21. The molecule has 3 aromatic rings. The van der Waals surface area contributed by atoms with Gasteiger partial charge in [0.2, 0.25) is 0 Å². The first-order valence-corrected chi connectivity index (χ1v) is 10.9. The predicted octanol–water partition coefficient (Wildman–Crippen LogP) is 4.51. The van der Waals surface area contributed by atoms with E-state index < -0.39 is 17.8 Å². The van der Waals surface area contributed by atoms with E-state index in [-0.39, 0.29) is 22.9 Å². The van der Waals surface area contributed by atoms with E-state index in [1.807, 2.05) is 19.1 Å².